The summed E-state index contributed by atoms with van der Waals surface area (Å²) in [5, 5.41) is 19.1. The first-order valence-electron chi connectivity index (χ1n) is 20.9. The number of benzene rings is 2. The van der Waals surface area contributed by atoms with Gasteiger partial charge in [-0.15, -0.1) is 0 Å². The van der Waals surface area contributed by atoms with E-state index < -0.39 is 17.4 Å². The van der Waals surface area contributed by atoms with Crippen molar-refractivity contribution < 1.29 is 29.0 Å². The minimum atomic E-state index is -1.02. The molecule has 0 aliphatic carbocycles. The summed E-state index contributed by atoms with van der Waals surface area (Å²) in [5.74, 6) is 0.774. The van der Waals surface area contributed by atoms with Crippen molar-refractivity contribution in [3.8, 4) is 0 Å². The van der Waals surface area contributed by atoms with Gasteiger partial charge in [0.1, 0.15) is 11.2 Å². The smallest absolute Gasteiger partial charge is 0.410 e. The monoisotopic (exact) mass is 914 g/mol. The summed E-state index contributed by atoms with van der Waals surface area (Å²) in [7, 11) is 0. The van der Waals surface area contributed by atoms with Gasteiger partial charge < -0.3 is 41.6 Å². The largest absolute Gasteiger partial charge is 0.444 e. The van der Waals surface area contributed by atoms with Crippen LogP contribution < -0.4 is 17.2 Å². The van der Waals surface area contributed by atoms with E-state index in [-0.39, 0.29) is 45.3 Å². The zero-order valence-electron chi connectivity index (χ0n) is 37.0. The molecule has 2 aromatic rings. The molecule has 0 saturated carbocycles. The predicted octanol–water partition coefficient (Wildman–Crippen LogP) is 4.90. The third-order valence-electron chi connectivity index (χ3n) is 9.38. The Morgan fingerprint density at radius 1 is 0.774 bits per heavy atom. The maximum absolute atomic E-state index is 12.7. The van der Waals surface area contributed by atoms with Crippen molar-refractivity contribution in [3.63, 3.8) is 0 Å². The lowest BCUT2D eigenvalue weighted by atomic mass is 10.1. The van der Waals surface area contributed by atoms with Gasteiger partial charge in [-0.25, -0.2) is 14.6 Å². The molecule has 2 unspecified atom stereocenters. The second kappa shape index (κ2) is 24.3. The quantitative estimate of drug-likeness (QED) is 0.0693. The van der Waals surface area contributed by atoms with E-state index >= 15 is 0 Å². The number of aliphatic hydroxyl groups is 1. The van der Waals surface area contributed by atoms with Gasteiger partial charge >= 0.3 is 12.2 Å². The van der Waals surface area contributed by atoms with Crippen LogP contribution in [0.3, 0.4) is 0 Å². The molecule has 2 aromatic carbocycles. The fourth-order valence-electron chi connectivity index (χ4n) is 6.56. The molecule has 62 heavy (non-hydrogen) atoms. The molecule has 19 heteroatoms. The minimum absolute atomic E-state index is 0.0285. The highest BCUT2D eigenvalue weighted by molar-refractivity contribution is 8.26. The zero-order valence-corrected chi connectivity index (χ0v) is 39.5. The zero-order chi connectivity index (χ0) is 45.5. The number of aliphatic imine (C=N–C) groups is 2. The average Bonchev–Trinajstić information content (AvgIpc) is 3.15. The number of nitrogens with two attached hydrogens (primary N) is 3. The number of hydrogen-bond donors (Lipinski definition) is 5. The second-order valence-electron chi connectivity index (χ2n) is 17.3. The number of carbonyl (C=O) groups excluding carboxylic acids is 3. The van der Waals surface area contributed by atoms with Crippen LogP contribution in [0.15, 0.2) is 58.5 Å². The summed E-state index contributed by atoms with van der Waals surface area (Å²) >= 11 is 3.71. The van der Waals surface area contributed by atoms with Gasteiger partial charge in [-0.05, 0) is 81.3 Å². The Morgan fingerprint density at radius 3 is 1.77 bits per heavy atom. The molecule has 8 N–H and O–H groups in total. The number of piperazine rings is 2. The van der Waals surface area contributed by atoms with E-state index in [4.69, 9.17) is 32.1 Å². The third kappa shape index (κ3) is 19.7. The van der Waals surface area contributed by atoms with Crippen LogP contribution in [0.2, 0.25) is 0 Å². The maximum atomic E-state index is 12.7. The van der Waals surface area contributed by atoms with E-state index in [1.807, 2.05) is 77.9 Å². The third-order valence-corrected chi connectivity index (χ3v) is 12.2. The number of nitrogens with zero attached hydrogens (tertiary/aromatic N) is 6. The summed E-state index contributed by atoms with van der Waals surface area (Å²) in [6.07, 6.45) is -0.772. The van der Waals surface area contributed by atoms with Crippen LogP contribution in [0.25, 0.3) is 0 Å². The Hall–Kier alpha value is -3.85. The summed E-state index contributed by atoms with van der Waals surface area (Å²) < 4.78 is 11.0. The molecule has 342 valence electrons. The molecule has 0 aromatic heterocycles. The molecule has 4 rings (SSSR count). The molecular formula is C43H66N10O6S3. The van der Waals surface area contributed by atoms with Crippen LogP contribution in [-0.4, -0.2) is 145 Å². The van der Waals surface area contributed by atoms with Gasteiger partial charge in [0.05, 0.1) is 16.8 Å². The number of thioether (sulfide) groups is 3. The Bertz CT molecular complexity index is 1870. The van der Waals surface area contributed by atoms with Gasteiger partial charge in [0.15, 0.2) is 16.6 Å². The van der Waals surface area contributed by atoms with Crippen LogP contribution in [0.1, 0.15) is 70.2 Å². The maximum Gasteiger partial charge on any atom is 0.410 e. The summed E-state index contributed by atoms with van der Waals surface area (Å²) in [4.78, 5) is 53.8. The highest BCUT2D eigenvalue weighted by Crippen LogP contribution is 2.19. The van der Waals surface area contributed by atoms with Crippen molar-refractivity contribution in [2.45, 2.75) is 96.7 Å². The number of amidine groups is 2. The summed E-state index contributed by atoms with van der Waals surface area (Å²) in [6.45, 7) is 18.0. The number of ether oxygens (including phenoxy) is 2. The predicted molar refractivity (Wildman–Crippen MR) is 254 cm³/mol. The fourth-order valence-corrected chi connectivity index (χ4v) is 9.10. The van der Waals surface area contributed by atoms with Crippen molar-refractivity contribution in [2.75, 3.05) is 63.9 Å². The van der Waals surface area contributed by atoms with Gasteiger partial charge in [0.2, 0.25) is 0 Å². The normalized spacial score (nSPS) is 17.1. The first kappa shape index (κ1) is 50.8. The highest BCUT2D eigenvalue weighted by atomic mass is 32.2. The molecule has 2 atom stereocenters. The van der Waals surface area contributed by atoms with E-state index in [2.05, 4.69) is 31.9 Å². The first-order valence-corrected chi connectivity index (χ1v) is 23.7. The number of hydrogen-bond acceptors (Lipinski definition) is 14. The lowest BCUT2D eigenvalue weighted by Crippen LogP contribution is -2.49. The second-order valence-corrected chi connectivity index (χ2v) is 20.8. The first-order chi connectivity index (χ1) is 29.2. The number of aliphatic hydroxyl groups excluding tert-OH is 1. The van der Waals surface area contributed by atoms with Crippen LogP contribution >= 0.6 is 35.3 Å². The Labute approximate surface area is 379 Å². The van der Waals surface area contributed by atoms with Gasteiger partial charge in [-0.1, -0.05) is 60.3 Å². The highest BCUT2D eigenvalue weighted by Gasteiger charge is 2.27. The Kier molecular flexibility index (Phi) is 19.9. The molecule has 2 aliphatic rings. The van der Waals surface area contributed by atoms with E-state index in [1.165, 1.54) is 11.8 Å². The molecule has 0 radical (unpaired) electrons. The fraction of sp³-hybridized carbons (Fsp3) is 0.581. The summed E-state index contributed by atoms with van der Waals surface area (Å²) in [5.41, 5.74) is 21.3. The lowest BCUT2D eigenvalue weighted by Gasteiger charge is -2.35. The number of carbonyl (C=O) groups is 3. The average molecular weight is 915 g/mol. The van der Waals surface area contributed by atoms with Crippen LogP contribution in [0.4, 0.5) is 9.59 Å². The lowest BCUT2D eigenvalue weighted by molar-refractivity contribution is -0.117. The number of nitrogens with one attached hydrogen (secondary N) is 1. The minimum Gasteiger partial charge on any atom is -0.444 e. The molecule has 2 aliphatic heterocycles. The van der Waals surface area contributed by atoms with Crippen LogP contribution in [-0.2, 0) is 40.2 Å². The molecule has 16 nitrogen and oxygen atoms in total. The Morgan fingerprint density at radius 2 is 1.26 bits per heavy atom. The van der Waals surface area contributed by atoms with Gasteiger partial charge in [-0.3, -0.25) is 20.0 Å². The topological polar surface area (TPSA) is 229 Å². The SMILES string of the molecule is CC(C)(C)OC(=O)N1CCN(Cc2cccc(CC(=O)N=C(N)SC(=N)CCSCC(N)SC(N)=NC(O)Cc3cccc(CN4CCN(C(=O)OC(C)(C)C)CC4)c3)c2)CC1. The van der Waals surface area contributed by atoms with Gasteiger partial charge in [0.25, 0.3) is 5.91 Å². The van der Waals surface area contributed by atoms with E-state index in [1.54, 1.807) is 21.6 Å². The Balaban J connectivity index is 1.09. The van der Waals surface area contributed by atoms with E-state index in [0.717, 1.165) is 66.7 Å². The van der Waals surface area contributed by atoms with Gasteiger partial charge in [0, 0.05) is 84.0 Å². The van der Waals surface area contributed by atoms with E-state index in [0.29, 0.717) is 57.1 Å². The van der Waals surface area contributed by atoms with Crippen molar-refractivity contribution in [3.05, 3.63) is 70.8 Å². The molecule has 2 fully saturated rings. The number of amides is 3. The standard InChI is InChI=1S/C43H66N10O6S3/c1-42(2,3)58-40(56)52-18-14-50(15-19-52)27-32-11-7-9-30(23-32)25-36(54)48-38(46)61-34(44)13-22-60-29-35(45)62-39(47)49-37(55)26-31-10-8-12-33(24-31)28-51-16-20-53(21-17-51)41(57)59-43(4,5)6/h7-12,23-24,35,37,44,55H,13-22,25-29,45H2,1-6H3,(H2,47,49)(H2,46,48,54). The van der Waals surface area contributed by atoms with Crippen molar-refractivity contribution >= 4 is 68.8 Å². The van der Waals surface area contributed by atoms with Crippen molar-refractivity contribution in [1.82, 2.24) is 19.6 Å². The molecule has 0 spiro atoms. The molecule has 0 bridgehead atoms. The number of rotatable bonds is 15. The van der Waals surface area contributed by atoms with Gasteiger partial charge in [-0.2, -0.15) is 16.8 Å². The molecular weight excluding hydrogens is 849 g/mol. The van der Waals surface area contributed by atoms with E-state index in [9.17, 15) is 19.5 Å². The summed E-state index contributed by atoms with van der Waals surface area (Å²) in [6, 6.07) is 15.8. The van der Waals surface area contributed by atoms with Crippen molar-refractivity contribution in [2.24, 2.45) is 27.2 Å². The molecule has 2 saturated heterocycles. The van der Waals surface area contributed by atoms with Crippen molar-refractivity contribution in [1.29, 1.82) is 5.41 Å². The van der Waals surface area contributed by atoms with Crippen LogP contribution in [0, 0.1) is 5.41 Å². The molecule has 3 amide bonds. The van der Waals surface area contributed by atoms with Crippen LogP contribution in [0.5, 0.6) is 0 Å². The molecule has 2 heterocycles.